The van der Waals surface area contributed by atoms with Gasteiger partial charge in [-0.3, -0.25) is 0 Å². The molecule has 0 spiro atoms. The lowest BCUT2D eigenvalue weighted by Gasteiger charge is -2.10. The molecule has 3 aromatic rings. The Hall–Kier alpha value is -3.02. The summed E-state index contributed by atoms with van der Waals surface area (Å²) in [5.41, 5.74) is 2.27. The minimum Gasteiger partial charge on any atom is -0.366 e. The van der Waals surface area contributed by atoms with Crippen molar-refractivity contribution in [1.29, 1.82) is 0 Å². The van der Waals surface area contributed by atoms with Gasteiger partial charge in [0.25, 0.3) is 0 Å². The van der Waals surface area contributed by atoms with E-state index in [4.69, 9.17) is 0 Å². The van der Waals surface area contributed by atoms with Crippen LogP contribution < -0.4 is 10.6 Å². The van der Waals surface area contributed by atoms with Gasteiger partial charge in [0.1, 0.15) is 5.82 Å². The van der Waals surface area contributed by atoms with Crippen molar-refractivity contribution < 1.29 is 8.78 Å². The fraction of sp³-hybridized carbons (Fsp3) is 0.111. The topological polar surface area (TPSA) is 49.8 Å². The van der Waals surface area contributed by atoms with Gasteiger partial charge in [-0.25, -0.2) is 13.8 Å². The Bertz CT molecular complexity index is 838. The van der Waals surface area contributed by atoms with Crippen molar-refractivity contribution in [3.63, 3.8) is 0 Å². The van der Waals surface area contributed by atoms with Crippen LogP contribution in [-0.4, -0.2) is 9.97 Å². The largest absolute Gasteiger partial charge is 0.366 e. The lowest BCUT2D eigenvalue weighted by Crippen LogP contribution is -2.05. The fourth-order valence-electron chi connectivity index (χ4n) is 2.21. The highest BCUT2D eigenvalue weighted by Gasteiger charge is 2.06. The molecule has 3 rings (SSSR count). The van der Waals surface area contributed by atoms with Crippen LogP contribution in [0.3, 0.4) is 0 Å². The second kappa shape index (κ2) is 7.04. The Morgan fingerprint density at radius 3 is 2.46 bits per heavy atom. The fourth-order valence-corrected chi connectivity index (χ4v) is 2.21. The van der Waals surface area contributed by atoms with Crippen molar-refractivity contribution in [3.05, 3.63) is 77.5 Å². The molecule has 0 bridgehead atoms. The van der Waals surface area contributed by atoms with E-state index >= 15 is 0 Å². The number of rotatable bonds is 5. The molecular formula is C18H16F2N4. The van der Waals surface area contributed by atoms with E-state index in [1.54, 1.807) is 0 Å². The summed E-state index contributed by atoms with van der Waals surface area (Å²) in [5, 5.41) is 6.11. The van der Waals surface area contributed by atoms with Gasteiger partial charge in [-0.05, 0) is 24.6 Å². The van der Waals surface area contributed by atoms with E-state index in [0.29, 0.717) is 24.0 Å². The zero-order valence-electron chi connectivity index (χ0n) is 13.1. The lowest BCUT2D eigenvalue weighted by atomic mass is 10.2. The molecule has 0 fully saturated rings. The zero-order chi connectivity index (χ0) is 16.9. The number of nitrogens with zero attached hydrogens (tertiary/aromatic N) is 2. The number of benzene rings is 2. The molecule has 0 amide bonds. The quantitative estimate of drug-likeness (QED) is 0.729. The summed E-state index contributed by atoms with van der Waals surface area (Å²) in [4.78, 5) is 8.60. The van der Waals surface area contributed by atoms with Crippen molar-refractivity contribution in [2.75, 3.05) is 10.6 Å². The van der Waals surface area contributed by atoms with Crippen LogP contribution in [0.1, 0.15) is 11.3 Å². The van der Waals surface area contributed by atoms with Crippen LogP contribution >= 0.6 is 0 Å². The second-order valence-corrected chi connectivity index (χ2v) is 5.31. The molecule has 1 heterocycles. The summed E-state index contributed by atoms with van der Waals surface area (Å²) in [5.74, 6) is -0.848. The van der Waals surface area contributed by atoms with Crippen LogP contribution in [0.15, 0.2) is 54.6 Å². The van der Waals surface area contributed by atoms with Crippen molar-refractivity contribution in [1.82, 2.24) is 9.97 Å². The maximum Gasteiger partial charge on any atom is 0.229 e. The Balaban J connectivity index is 1.74. The van der Waals surface area contributed by atoms with E-state index in [-0.39, 0.29) is 0 Å². The number of aromatic nitrogens is 2. The average Bonchev–Trinajstić information content (AvgIpc) is 2.57. The lowest BCUT2D eigenvalue weighted by molar-refractivity contribution is 0.509. The van der Waals surface area contributed by atoms with Crippen LogP contribution in [0.4, 0.5) is 26.2 Å². The molecule has 0 aliphatic heterocycles. The molecule has 0 aliphatic rings. The summed E-state index contributed by atoms with van der Waals surface area (Å²) < 4.78 is 26.3. The van der Waals surface area contributed by atoms with Gasteiger partial charge in [-0.2, -0.15) is 4.98 Å². The third-order valence-electron chi connectivity index (χ3n) is 3.35. The van der Waals surface area contributed by atoms with E-state index in [0.717, 1.165) is 23.4 Å². The summed E-state index contributed by atoms with van der Waals surface area (Å²) in [7, 11) is 0. The number of halogens is 2. The number of aryl methyl sites for hydroxylation is 1. The number of hydrogen-bond acceptors (Lipinski definition) is 4. The molecular weight excluding hydrogens is 310 g/mol. The minimum absolute atomic E-state index is 0.316. The zero-order valence-corrected chi connectivity index (χ0v) is 13.1. The molecule has 0 unspecified atom stereocenters. The Labute approximate surface area is 138 Å². The first-order valence-electron chi connectivity index (χ1n) is 7.46. The molecule has 4 nitrogen and oxygen atoms in total. The Morgan fingerprint density at radius 2 is 1.71 bits per heavy atom. The Kier molecular flexibility index (Phi) is 4.65. The van der Waals surface area contributed by atoms with Gasteiger partial charge in [-0.15, -0.1) is 0 Å². The van der Waals surface area contributed by atoms with Gasteiger partial charge in [0.05, 0.1) is 0 Å². The van der Waals surface area contributed by atoms with Gasteiger partial charge >= 0.3 is 0 Å². The van der Waals surface area contributed by atoms with Crippen LogP contribution in [0.5, 0.6) is 0 Å². The number of anilines is 3. The molecule has 24 heavy (non-hydrogen) atoms. The first-order chi connectivity index (χ1) is 11.6. The SMILES string of the molecule is Cc1cc(NCc2ccccc2)nc(Nc2ccc(F)c(F)c2)n1. The molecule has 1 aromatic heterocycles. The molecule has 0 aliphatic carbocycles. The van der Waals surface area contributed by atoms with Gasteiger partial charge in [0.15, 0.2) is 11.6 Å². The first kappa shape index (κ1) is 15.9. The molecule has 0 saturated carbocycles. The highest BCUT2D eigenvalue weighted by atomic mass is 19.2. The molecule has 122 valence electrons. The van der Waals surface area contributed by atoms with Gasteiger partial charge in [0, 0.05) is 30.1 Å². The van der Waals surface area contributed by atoms with Crippen molar-refractivity contribution >= 4 is 17.5 Å². The third-order valence-corrected chi connectivity index (χ3v) is 3.35. The van der Waals surface area contributed by atoms with E-state index in [2.05, 4.69) is 20.6 Å². The maximum atomic E-state index is 13.3. The molecule has 6 heteroatoms. The van der Waals surface area contributed by atoms with Crippen molar-refractivity contribution in [2.45, 2.75) is 13.5 Å². The van der Waals surface area contributed by atoms with Crippen LogP contribution in [-0.2, 0) is 6.54 Å². The van der Waals surface area contributed by atoms with Crippen LogP contribution in [0, 0.1) is 18.6 Å². The standard InChI is InChI=1S/C18H16F2N4/c1-12-9-17(21-11-13-5-3-2-4-6-13)24-18(22-12)23-14-7-8-15(19)16(20)10-14/h2-10H,11H2,1H3,(H2,21,22,23,24). The van der Waals surface area contributed by atoms with E-state index < -0.39 is 11.6 Å². The average molecular weight is 326 g/mol. The smallest absolute Gasteiger partial charge is 0.229 e. The van der Waals surface area contributed by atoms with Crippen LogP contribution in [0.25, 0.3) is 0 Å². The van der Waals surface area contributed by atoms with E-state index in [1.165, 1.54) is 6.07 Å². The first-order valence-corrected chi connectivity index (χ1v) is 7.46. The second-order valence-electron chi connectivity index (χ2n) is 5.31. The molecule has 2 aromatic carbocycles. The third kappa shape index (κ3) is 4.04. The molecule has 2 N–H and O–H groups in total. The van der Waals surface area contributed by atoms with E-state index in [1.807, 2.05) is 43.3 Å². The summed E-state index contributed by atoms with van der Waals surface area (Å²) >= 11 is 0. The maximum absolute atomic E-state index is 13.3. The minimum atomic E-state index is -0.921. The predicted octanol–water partition coefficient (Wildman–Crippen LogP) is 4.42. The van der Waals surface area contributed by atoms with Crippen LogP contribution in [0.2, 0.25) is 0 Å². The Morgan fingerprint density at radius 1 is 0.917 bits per heavy atom. The molecule has 0 saturated heterocycles. The highest BCUT2D eigenvalue weighted by molar-refractivity contribution is 5.55. The summed E-state index contributed by atoms with van der Waals surface area (Å²) in [6.07, 6.45) is 0. The summed E-state index contributed by atoms with van der Waals surface area (Å²) in [6, 6.07) is 15.3. The van der Waals surface area contributed by atoms with Gasteiger partial charge in [0.2, 0.25) is 5.95 Å². The normalized spacial score (nSPS) is 10.5. The highest BCUT2D eigenvalue weighted by Crippen LogP contribution is 2.18. The number of hydrogen-bond donors (Lipinski definition) is 2. The number of nitrogens with one attached hydrogen (secondary N) is 2. The van der Waals surface area contributed by atoms with E-state index in [9.17, 15) is 8.78 Å². The summed E-state index contributed by atoms with van der Waals surface area (Å²) in [6.45, 7) is 2.47. The van der Waals surface area contributed by atoms with Crippen molar-refractivity contribution in [2.24, 2.45) is 0 Å². The molecule has 0 radical (unpaired) electrons. The monoisotopic (exact) mass is 326 g/mol. The molecule has 0 atom stereocenters. The van der Waals surface area contributed by atoms with Crippen molar-refractivity contribution in [3.8, 4) is 0 Å². The van der Waals surface area contributed by atoms with Gasteiger partial charge < -0.3 is 10.6 Å². The van der Waals surface area contributed by atoms with Gasteiger partial charge in [-0.1, -0.05) is 30.3 Å². The predicted molar refractivity (Wildman–Crippen MR) is 90.2 cm³/mol.